The fourth-order valence-corrected chi connectivity index (χ4v) is 5.07. The molecule has 1 aliphatic rings. The van der Waals surface area contributed by atoms with Gasteiger partial charge in [0.25, 0.3) is 0 Å². The van der Waals surface area contributed by atoms with Crippen molar-refractivity contribution in [1.82, 2.24) is 4.90 Å². The number of likely N-dealkylation sites (tertiary alicyclic amines) is 1. The molecule has 0 unspecified atom stereocenters. The highest BCUT2D eigenvalue weighted by molar-refractivity contribution is 5.92. The molecule has 0 saturated carbocycles. The lowest BCUT2D eigenvalue weighted by Crippen LogP contribution is -2.53. The molecule has 2 aromatic rings. The van der Waals surface area contributed by atoms with Gasteiger partial charge in [-0.2, -0.15) is 0 Å². The average Bonchev–Trinajstić information content (AvgIpc) is 2.71. The minimum Gasteiger partial charge on any atom is -0.478 e. The summed E-state index contributed by atoms with van der Waals surface area (Å²) in [5.74, 6) is -1.53. The predicted octanol–water partition coefficient (Wildman–Crippen LogP) is 5.41. The summed E-state index contributed by atoms with van der Waals surface area (Å²) >= 11 is 0. The monoisotopic (exact) mass is 412 g/mol. The molecule has 0 bridgehead atoms. The van der Waals surface area contributed by atoms with Crippen molar-refractivity contribution in [3.8, 4) is 0 Å². The van der Waals surface area contributed by atoms with Gasteiger partial charge in [-0.1, -0.05) is 30.3 Å². The smallest absolute Gasteiger partial charge is 0.336 e. The second-order valence-corrected chi connectivity index (χ2v) is 8.58. The quantitative estimate of drug-likeness (QED) is 0.689. The number of hydrogen-bond acceptors (Lipinski definition) is 3. The normalized spacial score (nSPS) is 22.1. The summed E-state index contributed by atoms with van der Waals surface area (Å²) in [4.78, 5) is 16.4. The topological polar surface area (TPSA) is 43.8 Å². The maximum atomic E-state index is 14.6. The zero-order chi connectivity index (χ0) is 22.0. The fraction of sp³-hybridized carbons (Fsp3) is 0.480. The van der Waals surface area contributed by atoms with Crippen molar-refractivity contribution in [2.24, 2.45) is 0 Å². The molecule has 1 heterocycles. The Hall–Kier alpha value is -2.40. The number of piperidine rings is 1. The molecule has 1 fully saturated rings. The first-order chi connectivity index (χ1) is 14.2. The number of carbonyl (C=O) groups is 1. The molecule has 162 valence electrons. The van der Waals surface area contributed by atoms with Crippen LogP contribution in [0.3, 0.4) is 0 Å². The molecule has 2 aromatic carbocycles. The number of rotatable bonds is 6. The maximum Gasteiger partial charge on any atom is 0.336 e. The number of carboxylic acid groups (broad SMARTS) is 1. The van der Waals surface area contributed by atoms with E-state index in [2.05, 4.69) is 54.8 Å². The van der Waals surface area contributed by atoms with Crippen LogP contribution < -0.4 is 4.90 Å². The van der Waals surface area contributed by atoms with Crippen LogP contribution in [0.1, 0.15) is 60.7 Å². The van der Waals surface area contributed by atoms with E-state index >= 15 is 0 Å². The molecule has 4 nitrogen and oxygen atoms in total. The van der Waals surface area contributed by atoms with Crippen LogP contribution in [0.4, 0.5) is 10.1 Å². The summed E-state index contributed by atoms with van der Waals surface area (Å²) in [6, 6.07) is 12.7. The van der Waals surface area contributed by atoms with Gasteiger partial charge in [-0.25, -0.2) is 9.18 Å². The molecule has 0 aliphatic carbocycles. The third-order valence-corrected chi connectivity index (χ3v) is 6.61. The van der Waals surface area contributed by atoms with Crippen LogP contribution in [0.25, 0.3) is 0 Å². The van der Waals surface area contributed by atoms with Crippen LogP contribution in [0.5, 0.6) is 0 Å². The summed E-state index contributed by atoms with van der Waals surface area (Å²) in [7, 11) is 0. The molecule has 5 heteroatoms. The first-order valence-electron chi connectivity index (χ1n) is 10.8. The zero-order valence-corrected chi connectivity index (χ0v) is 18.7. The van der Waals surface area contributed by atoms with Crippen molar-refractivity contribution in [1.29, 1.82) is 0 Å². The molecule has 2 atom stereocenters. The molecule has 0 aromatic heterocycles. The summed E-state index contributed by atoms with van der Waals surface area (Å²) in [6.07, 6.45) is 1.92. The van der Waals surface area contributed by atoms with Crippen LogP contribution in [0.2, 0.25) is 0 Å². The number of nitrogens with zero attached hydrogens (tertiary/aromatic N) is 2. The Morgan fingerprint density at radius 2 is 1.73 bits per heavy atom. The molecule has 0 spiro atoms. The van der Waals surface area contributed by atoms with Crippen LogP contribution in [-0.2, 0) is 6.54 Å². The van der Waals surface area contributed by atoms with Gasteiger partial charge >= 0.3 is 5.97 Å². The predicted molar refractivity (Wildman–Crippen MR) is 120 cm³/mol. The minimum absolute atomic E-state index is 0.0501. The number of halogens is 1. The van der Waals surface area contributed by atoms with Crippen LogP contribution >= 0.6 is 0 Å². The third kappa shape index (κ3) is 4.36. The van der Waals surface area contributed by atoms with Crippen molar-refractivity contribution >= 4 is 11.7 Å². The lowest BCUT2D eigenvalue weighted by Gasteiger charge is -2.47. The summed E-state index contributed by atoms with van der Waals surface area (Å²) in [6.45, 7) is 11.8. The second kappa shape index (κ2) is 9.17. The molecule has 3 rings (SSSR count). The van der Waals surface area contributed by atoms with Gasteiger partial charge in [0, 0.05) is 42.5 Å². The molecule has 0 amide bonds. The van der Waals surface area contributed by atoms with Gasteiger partial charge < -0.3 is 10.0 Å². The Morgan fingerprint density at radius 1 is 1.13 bits per heavy atom. The fourth-order valence-electron chi connectivity index (χ4n) is 5.07. The Balaban J connectivity index is 1.88. The van der Waals surface area contributed by atoms with E-state index in [1.807, 2.05) is 6.07 Å². The van der Waals surface area contributed by atoms with Gasteiger partial charge in [0.1, 0.15) is 5.82 Å². The number of hydrogen-bond donors (Lipinski definition) is 1. The van der Waals surface area contributed by atoms with Gasteiger partial charge in [0.15, 0.2) is 0 Å². The van der Waals surface area contributed by atoms with Crippen LogP contribution in [-0.4, -0.2) is 40.6 Å². The van der Waals surface area contributed by atoms with Gasteiger partial charge in [0.2, 0.25) is 0 Å². The third-order valence-electron chi connectivity index (χ3n) is 6.61. The molecule has 1 aliphatic heterocycles. The van der Waals surface area contributed by atoms with Crippen molar-refractivity contribution in [2.75, 3.05) is 11.4 Å². The van der Waals surface area contributed by atoms with Gasteiger partial charge in [0.05, 0.1) is 5.56 Å². The number of carboxylic acids is 1. The summed E-state index contributed by atoms with van der Waals surface area (Å²) in [5.41, 5.74) is 3.29. The maximum absolute atomic E-state index is 14.6. The first-order valence-corrected chi connectivity index (χ1v) is 10.8. The number of anilines is 1. The van der Waals surface area contributed by atoms with E-state index in [-0.39, 0.29) is 11.6 Å². The van der Waals surface area contributed by atoms with Crippen LogP contribution in [0, 0.1) is 19.7 Å². The van der Waals surface area contributed by atoms with E-state index < -0.39 is 11.8 Å². The van der Waals surface area contributed by atoms with E-state index in [1.54, 1.807) is 13.8 Å². The SMILES string of the molecule is CCN(c1c(C)c(F)cc(C(=O)O)c1C)C1C[C@@H](C)N(Cc2ccccc2)[C@H](C)C1. The minimum atomic E-state index is -1.08. The van der Waals surface area contributed by atoms with E-state index in [1.165, 1.54) is 5.56 Å². The molecular formula is C25H33FN2O2. The molecule has 0 radical (unpaired) electrons. The molecular weight excluding hydrogens is 379 g/mol. The lowest BCUT2D eigenvalue weighted by molar-refractivity contribution is 0.0695. The Labute approximate surface area is 179 Å². The number of aromatic carboxylic acids is 1. The van der Waals surface area contributed by atoms with Gasteiger partial charge in [-0.15, -0.1) is 0 Å². The van der Waals surface area contributed by atoms with Crippen molar-refractivity contribution in [3.05, 3.63) is 64.5 Å². The highest BCUT2D eigenvalue weighted by Crippen LogP contribution is 2.36. The summed E-state index contributed by atoms with van der Waals surface area (Å²) < 4.78 is 14.6. The largest absolute Gasteiger partial charge is 0.478 e. The zero-order valence-electron chi connectivity index (χ0n) is 18.7. The lowest BCUT2D eigenvalue weighted by atomic mass is 9.89. The molecule has 1 saturated heterocycles. The van der Waals surface area contributed by atoms with Gasteiger partial charge in [-0.05, 0) is 64.7 Å². The van der Waals surface area contributed by atoms with E-state index in [4.69, 9.17) is 0 Å². The summed E-state index contributed by atoms with van der Waals surface area (Å²) in [5, 5.41) is 9.54. The van der Waals surface area contributed by atoms with Crippen LogP contribution in [0.15, 0.2) is 36.4 Å². The first kappa shape index (κ1) is 22.3. The van der Waals surface area contributed by atoms with Gasteiger partial charge in [-0.3, -0.25) is 4.90 Å². The van der Waals surface area contributed by atoms with Crippen molar-refractivity contribution < 1.29 is 14.3 Å². The average molecular weight is 413 g/mol. The Bertz CT molecular complexity index is 888. The Morgan fingerprint density at radius 3 is 2.27 bits per heavy atom. The molecule has 30 heavy (non-hydrogen) atoms. The van der Waals surface area contributed by atoms with Crippen molar-refractivity contribution in [3.63, 3.8) is 0 Å². The highest BCUT2D eigenvalue weighted by atomic mass is 19.1. The van der Waals surface area contributed by atoms with E-state index in [0.29, 0.717) is 29.8 Å². The van der Waals surface area contributed by atoms with E-state index in [0.717, 1.165) is 31.1 Å². The second-order valence-electron chi connectivity index (χ2n) is 8.58. The highest BCUT2D eigenvalue weighted by Gasteiger charge is 2.35. The van der Waals surface area contributed by atoms with Crippen molar-refractivity contribution in [2.45, 2.75) is 72.1 Å². The number of benzene rings is 2. The Kier molecular flexibility index (Phi) is 6.81. The van der Waals surface area contributed by atoms with E-state index in [9.17, 15) is 14.3 Å². The molecule has 1 N–H and O–H groups in total. The standard InChI is InChI=1S/C25H33FN2O2/c1-6-27(24-18(4)22(25(29)30)14-23(26)19(24)5)21-12-16(2)28(17(3)13-21)15-20-10-8-7-9-11-20/h7-11,14,16-17,21H,6,12-13,15H2,1-5H3,(H,29,30)/t16-,17-/m1/s1.